The molecule has 80 valence electrons. The van der Waals surface area contributed by atoms with E-state index in [-0.39, 0.29) is 0 Å². The molecule has 0 fully saturated rings. The number of quaternary nitrogens is 1. The molecule has 1 aromatic rings. The molecule has 1 aromatic carbocycles. The van der Waals surface area contributed by atoms with Crippen LogP contribution in [-0.4, -0.2) is 4.45 Å². The molecule has 0 saturated carbocycles. The van der Waals surface area contributed by atoms with E-state index in [0.717, 1.165) is 5.56 Å². The van der Waals surface area contributed by atoms with Crippen LogP contribution in [0.4, 0.5) is 5.69 Å². The first-order valence-corrected chi connectivity index (χ1v) is 5.58. The second kappa shape index (κ2) is 3.42. The highest BCUT2D eigenvalue weighted by Gasteiger charge is 2.45. The summed E-state index contributed by atoms with van der Waals surface area (Å²) < 4.78 is -1.00. The third-order valence-electron chi connectivity index (χ3n) is 2.79. The molecular formula is C11H13BrN2O. The second-order valence-electron chi connectivity index (χ2n) is 3.87. The van der Waals surface area contributed by atoms with E-state index in [9.17, 15) is 5.21 Å². The molecular weight excluding hydrogens is 256 g/mol. The minimum Gasteiger partial charge on any atom is -0.621 e. The molecule has 2 atom stereocenters. The van der Waals surface area contributed by atoms with Gasteiger partial charge in [-0.15, -0.1) is 0 Å². The first-order chi connectivity index (χ1) is 6.99. The highest BCUT2D eigenvalue weighted by Crippen LogP contribution is 2.44. The molecule has 0 saturated heterocycles. The topological polar surface area (TPSA) is 49.1 Å². The lowest BCUT2D eigenvalue weighted by molar-refractivity contribution is 0.362. The van der Waals surface area contributed by atoms with Gasteiger partial charge in [-0.3, -0.25) is 4.65 Å². The van der Waals surface area contributed by atoms with Crippen LogP contribution in [0.2, 0.25) is 0 Å². The third kappa shape index (κ3) is 1.54. The van der Waals surface area contributed by atoms with Crippen molar-refractivity contribution in [1.82, 2.24) is 4.65 Å². The Morgan fingerprint density at radius 1 is 1.40 bits per heavy atom. The van der Waals surface area contributed by atoms with Gasteiger partial charge in [0.15, 0.2) is 4.45 Å². The minimum absolute atomic E-state index is 0.460. The fourth-order valence-corrected chi connectivity index (χ4v) is 2.05. The summed E-state index contributed by atoms with van der Waals surface area (Å²) in [4.78, 5) is 0. The van der Waals surface area contributed by atoms with Gasteiger partial charge in [-0.05, 0) is 21.5 Å². The normalized spacial score (nSPS) is 33.9. The lowest BCUT2D eigenvalue weighted by Gasteiger charge is -2.53. The van der Waals surface area contributed by atoms with Crippen LogP contribution in [0.5, 0.6) is 0 Å². The SMILES string of the molecule is CC1(Br)C=C[N+]1([O-])c1ccc(CN)cc1. The van der Waals surface area contributed by atoms with Crippen molar-refractivity contribution in [2.24, 2.45) is 5.73 Å². The zero-order chi connectivity index (χ0) is 11.1. The predicted octanol–water partition coefficient (Wildman–Crippen LogP) is 2.59. The fourth-order valence-electron chi connectivity index (χ4n) is 1.61. The van der Waals surface area contributed by atoms with Crippen molar-refractivity contribution in [1.29, 1.82) is 0 Å². The van der Waals surface area contributed by atoms with Crippen LogP contribution < -0.4 is 10.4 Å². The smallest absolute Gasteiger partial charge is 0.184 e. The minimum atomic E-state index is -0.544. The van der Waals surface area contributed by atoms with Gasteiger partial charge in [0.1, 0.15) is 11.9 Å². The van der Waals surface area contributed by atoms with Gasteiger partial charge in [0.25, 0.3) is 0 Å². The molecule has 0 aliphatic carbocycles. The van der Waals surface area contributed by atoms with E-state index in [1.165, 1.54) is 0 Å². The third-order valence-corrected chi connectivity index (χ3v) is 3.59. The Hall–Kier alpha value is -0.680. The summed E-state index contributed by atoms with van der Waals surface area (Å²) in [5.74, 6) is 0. The van der Waals surface area contributed by atoms with E-state index in [0.29, 0.717) is 12.2 Å². The zero-order valence-electron chi connectivity index (χ0n) is 8.48. The first-order valence-electron chi connectivity index (χ1n) is 4.78. The molecule has 2 rings (SSSR count). The van der Waals surface area contributed by atoms with Gasteiger partial charge >= 0.3 is 0 Å². The number of nitrogens with zero attached hydrogens (tertiary/aromatic N) is 1. The van der Waals surface area contributed by atoms with Gasteiger partial charge in [-0.1, -0.05) is 12.1 Å². The molecule has 1 aliphatic heterocycles. The Morgan fingerprint density at radius 3 is 2.33 bits per heavy atom. The molecule has 0 amide bonds. The molecule has 2 N–H and O–H groups in total. The van der Waals surface area contributed by atoms with E-state index in [2.05, 4.69) is 15.9 Å². The summed E-state index contributed by atoms with van der Waals surface area (Å²) in [5.41, 5.74) is 7.25. The standard InChI is InChI=1S/C11H13BrN2O/c1-11(12)6-7-14(11,15)10-4-2-9(8-13)3-5-10/h2-7H,8,13H2,1H3. The number of hydrogen-bond acceptors (Lipinski definition) is 2. The van der Waals surface area contributed by atoms with Gasteiger partial charge in [0.2, 0.25) is 0 Å². The van der Waals surface area contributed by atoms with Crippen LogP contribution in [-0.2, 0) is 6.54 Å². The summed E-state index contributed by atoms with van der Waals surface area (Å²) in [5, 5.41) is 12.4. The van der Waals surface area contributed by atoms with Crippen molar-refractivity contribution in [3.8, 4) is 0 Å². The Labute approximate surface area is 97.5 Å². The van der Waals surface area contributed by atoms with E-state index in [1.54, 1.807) is 6.20 Å². The van der Waals surface area contributed by atoms with E-state index in [1.807, 2.05) is 37.3 Å². The molecule has 3 nitrogen and oxygen atoms in total. The van der Waals surface area contributed by atoms with Crippen molar-refractivity contribution in [3.05, 3.63) is 47.3 Å². The van der Waals surface area contributed by atoms with Crippen LogP contribution in [0, 0.1) is 5.21 Å². The van der Waals surface area contributed by atoms with Gasteiger partial charge in [-0.2, -0.15) is 0 Å². The molecule has 0 radical (unpaired) electrons. The number of rotatable bonds is 2. The Bertz CT molecular complexity index is 400. The summed E-state index contributed by atoms with van der Waals surface area (Å²) in [7, 11) is 0. The van der Waals surface area contributed by atoms with Crippen molar-refractivity contribution < 1.29 is 0 Å². The highest BCUT2D eigenvalue weighted by atomic mass is 79.9. The molecule has 0 aromatic heterocycles. The summed E-state index contributed by atoms with van der Waals surface area (Å²) in [6.07, 6.45) is 3.49. The number of nitrogens with two attached hydrogens (primary N) is 1. The van der Waals surface area contributed by atoms with Gasteiger partial charge in [0.05, 0.1) is 0 Å². The van der Waals surface area contributed by atoms with Crippen molar-refractivity contribution in [3.63, 3.8) is 0 Å². The molecule has 1 aliphatic rings. The van der Waals surface area contributed by atoms with E-state index in [4.69, 9.17) is 5.73 Å². The number of hydrogen-bond donors (Lipinski definition) is 1. The lowest BCUT2D eigenvalue weighted by atomic mass is 10.1. The quantitative estimate of drug-likeness (QED) is 0.388. The maximum Gasteiger partial charge on any atom is 0.184 e. The molecule has 0 spiro atoms. The van der Waals surface area contributed by atoms with Crippen LogP contribution in [0.25, 0.3) is 0 Å². The van der Waals surface area contributed by atoms with Crippen LogP contribution in [0.3, 0.4) is 0 Å². The van der Waals surface area contributed by atoms with Gasteiger partial charge < -0.3 is 10.9 Å². The van der Waals surface area contributed by atoms with Gasteiger partial charge in [0, 0.05) is 31.7 Å². The summed E-state index contributed by atoms with van der Waals surface area (Å²) >= 11 is 3.41. The number of benzene rings is 1. The molecule has 15 heavy (non-hydrogen) atoms. The van der Waals surface area contributed by atoms with E-state index >= 15 is 0 Å². The zero-order valence-corrected chi connectivity index (χ0v) is 10.1. The second-order valence-corrected chi connectivity index (χ2v) is 5.47. The Morgan fingerprint density at radius 2 is 2.00 bits per heavy atom. The maximum atomic E-state index is 12.4. The number of halogens is 1. The van der Waals surface area contributed by atoms with Crippen molar-refractivity contribution in [2.75, 3.05) is 0 Å². The average molecular weight is 269 g/mol. The number of hydroxylamine groups is 2. The lowest BCUT2D eigenvalue weighted by Crippen LogP contribution is -2.58. The Kier molecular flexibility index (Phi) is 2.47. The van der Waals surface area contributed by atoms with Crippen LogP contribution in [0.15, 0.2) is 36.5 Å². The van der Waals surface area contributed by atoms with E-state index < -0.39 is 9.09 Å². The van der Waals surface area contributed by atoms with Crippen LogP contribution >= 0.6 is 15.9 Å². The summed E-state index contributed by atoms with van der Waals surface area (Å²) in [6.45, 7) is 2.36. The first kappa shape index (κ1) is 10.8. The van der Waals surface area contributed by atoms with Crippen molar-refractivity contribution in [2.45, 2.75) is 17.9 Å². The maximum absolute atomic E-state index is 12.4. The molecule has 1 heterocycles. The van der Waals surface area contributed by atoms with Crippen LogP contribution in [0.1, 0.15) is 12.5 Å². The Balaban J connectivity index is 2.35. The largest absolute Gasteiger partial charge is 0.621 e. The predicted molar refractivity (Wildman–Crippen MR) is 66.0 cm³/mol. The molecule has 2 unspecified atom stereocenters. The number of alkyl halides is 1. The fraction of sp³-hybridized carbons (Fsp3) is 0.273. The highest BCUT2D eigenvalue weighted by molar-refractivity contribution is 9.10. The summed E-state index contributed by atoms with van der Waals surface area (Å²) in [6, 6.07) is 7.45. The van der Waals surface area contributed by atoms with Crippen molar-refractivity contribution >= 4 is 21.6 Å². The monoisotopic (exact) mass is 268 g/mol. The average Bonchev–Trinajstić information content (AvgIpc) is 2.26. The molecule has 0 bridgehead atoms. The van der Waals surface area contributed by atoms with Gasteiger partial charge in [-0.25, -0.2) is 0 Å². The molecule has 4 heteroatoms.